The zero-order valence-corrected chi connectivity index (χ0v) is 21.0. The minimum atomic E-state index is -0.504. The Kier molecular flexibility index (Phi) is 8.89. The molecule has 1 fully saturated rings. The second kappa shape index (κ2) is 11.0. The van der Waals surface area contributed by atoms with Crippen LogP contribution in [-0.2, 0) is 20.7 Å². The maximum atomic E-state index is 12.3. The number of halogens is 1. The number of carbonyl (C=O) groups excluding carboxylic acids is 2. The predicted molar refractivity (Wildman–Crippen MR) is 131 cm³/mol. The molecule has 180 valence electrons. The van der Waals surface area contributed by atoms with Crippen LogP contribution in [0.25, 0.3) is 0 Å². The van der Waals surface area contributed by atoms with Gasteiger partial charge in [0.05, 0.1) is 12.1 Å². The van der Waals surface area contributed by atoms with E-state index in [4.69, 9.17) is 11.6 Å². The fourth-order valence-electron chi connectivity index (χ4n) is 4.12. The molecule has 33 heavy (non-hydrogen) atoms. The minimum absolute atomic E-state index is 0.0406. The molecule has 1 saturated carbocycles. The van der Waals surface area contributed by atoms with Crippen LogP contribution < -0.4 is 0 Å². The number of hydrogen-bond donors (Lipinski definition) is 2. The van der Waals surface area contributed by atoms with Gasteiger partial charge in [0.15, 0.2) is 0 Å². The predicted octanol–water partition coefficient (Wildman–Crippen LogP) is 5.34. The lowest BCUT2D eigenvalue weighted by Crippen LogP contribution is -2.40. The summed E-state index contributed by atoms with van der Waals surface area (Å²) in [5, 5.41) is 21.4. The minimum Gasteiger partial charge on any atom is -0.507 e. The number of Topliss-reactive ketones (excluding diaryl/α,β-unsaturated/α-hetero) is 1. The zero-order chi connectivity index (χ0) is 24.9. The molecule has 0 amide bonds. The summed E-state index contributed by atoms with van der Waals surface area (Å²) in [5.74, 6) is -0.172. The number of aliphatic imine (C=N–C) groups is 1. The Morgan fingerprint density at radius 2 is 1.97 bits per heavy atom. The number of aromatic hydroxyl groups is 2. The fourth-order valence-corrected chi connectivity index (χ4v) is 4.33. The van der Waals surface area contributed by atoms with Crippen molar-refractivity contribution in [3.8, 4) is 11.5 Å². The first-order valence-electron chi connectivity index (χ1n) is 11.1. The number of phenols is 2. The van der Waals surface area contributed by atoms with Crippen molar-refractivity contribution in [2.45, 2.75) is 53.9 Å². The summed E-state index contributed by atoms with van der Waals surface area (Å²) in [7, 11) is 1.27. The van der Waals surface area contributed by atoms with Gasteiger partial charge < -0.3 is 14.9 Å². The number of carbonyl (C=O) groups is 2. The van der Waals surface area contributed by atoms with E-state index in [-0.39, 0.29) is 46.4 Å². The molecule has 0 radical (unpaired) electrons. The number of phenolic OH excluding ortho intramolecular Hbond substituents is 2. The van der Waals surface area contributed by atoms with Gasteiger partial charge in [-0.2, -0.15) is 0 Å². The van der Waals surface area contributed by atoms with Gasteiger partial charge in [-0.1, -0.05) is 56.2 Å². The Labute approximate surface area is 201 Å². The van der Waals surface area contributed by atoms with Crippen molar-refractivity contribution in [1.29, 1.82) is 0 Å². The van der Waals surface area contributed by atoms with Gasteiger partial charge in [0.2, 0.25) is 0 Å². The van der Waals surface area contributed by atoms with Crippen LogP contribution in [0.1, 0.15) is 57.2 Å². The molecule has 0 unspecified atom stereocenters. The lowest BCUT2D eigenvalue weighted by molar-refractivity contribution is -0.138. The first-order chi connectivity index (χ1) is 15.4. The smallest absolute Gasteiger partial charge is 0.327 e. The van der Waals surface area contributed by atoms with Crippen LogP contribution in [-0.4, -0.2) is 41.8 Å². The van der Waals surface area contributed by atoms with Gasteiger partial charge in [-0.25, -0.2) is 0 Å². The number of hydrogen-bond acceptors (Lipinski definition) is 6. The third-order valence-corrected chi connectivity index (χ3v) is 7.53. The Morgan fingerprint density at radius 1 is 1.30 bits per heavy atom. The van der Waals surface area contributed by atoms with E-state index in [9.17, 15) is 19.8 Å². The van der Waals surface area contributed by atoms with Crippen molar-refractivity contribution in [3.05, 3.63) is 45.5 Å². The van der Waals surface area contributed by atoms with Crippen LogP contribution in [0.4, 0.5) is 0 Å². The van der Waals surface area contributed by atoms with E-state index in [2.05, 4.69) is 29.7 Å². The van der Waals surface area contributed by atoms with Crippen molar-refractivity contribution in [1.82, 2.24) is 0 Å². The van der Waals surface area contributed by atoms with Gasteiger partial charge in [0, 0.05) is 29.7 Å². The van der Waals surface area contributed by atoms with E-state index in [0.717, 1.165) is 12.0 Å². The largest absolute Gasteiger partial charge is 0.507 e. The van der Waals surface area contributed by atoms with Crippen LogP contribution >= 0.6 is 11.6 Å². The number of ketones is 1. The molecule has 1 aromatic carbocycles. The molecule has 1 aliphatic carbocycles. The van der Waals surface area contributed by atoms with E-state index in [0.29, 0.717) is 29.2 Å². The average Bonchev–Trinajstić information content (AvgIpc) is 2.79. The normalized spacial score (nSPS) is 24.1. The summed E-state index contributed by atoms with van der Waals surface area (Å²) in [5.41, 5.74) is 1.80. The topological polar surface area (TPSA) is 96.2 Å². The van der Waals surface area contributed by atoms with Crippen molar-refractivity contribution in [2.24, 2.45) is 22.2 Å². The molecule has 0 saturated heterocycles. The van der Waals surface area contributed by atoms with E-state index in [1.807, 2.05) is 26.0 Å². The van der Waals surface area contributed by atoms with Gasteiger partial charge in [-0.05, 0) is 43.6 Å². The van der Waals surface area contributed by atoms with Gasteiger partial charge in [0.25, 0.3) is 0 Å². The highest BCUT2D eigenvalue weighted by atomic mass is 35.5. The van der Waals surface area contributed by atoms with Gasteiger partial charge in [-0.15, -0.1) is 0 Å². The Bertz CT molecular complexity index is 1010. The molecule has 0 spiro atoms. The molecular formula is C26H34ClNO5. The Balaban J connectivity index is 2.30. The number of nitrogens with zero attached hydrogens (tertiary/aromatic N) is 1. The number of ether oxygens (including phenoxy) is 1. The molecule has 2 N–H and O–H groups in total. The highest BCUT2D eigenvalue weighted by molar-refractivity contribution is 6.33. The number of allylic oxidation sites excluding steroid dienone is 4. The third-order valence-electron chi connectivity index (χ3n) is 7.07. The maximum absolute atomic E-state index is 12.3. The first-order valence-corrected chi connectivity index (χ1v) is 11.5. The summed E-state index contributed by atoms with van der Waals surface area (Å²) < 4.78 is 4.56. The van der Waals surface area contributed by atoms with E-state index >= 15 is 0 Å². The number of methoxy groups -OCH3 is 1. The van der Waals surface area contributed by atoms with E-state index in [1.54, 1.807) is 6.92 Å². The maximum Gasteiger partial charge on any atom is 0.327 e. The highest BCUT2D eigenvalue weighted by Crippen LogP contribution is 2.45. The Hall–Kier alpha value is -2.60. The molecule has 2 rings (SSSR count). The average molecular weight is 476 g/mol. The summed E-state index contributed by atoms with van der Waals surface area (Å²) in [4.78, 5) is 27.5. The summed E-state index contributed by atoms with van der Waals surface area (Å²) in [6.07, 6.45) is 9.11. The van der Waals surface area contributed by atoms with Crippen molar-refractivity contribution < 1.29 is 24.5 Å². The van der Waals surface area contributed by atoms with E-state index < -0.39 is 5.97 Å². The Morgan fingerprint density at radius 3 is 2.61 bits per heavy atom. The molecule has 6 nitrogen and oxygen atoms in total. The number of benzene rings is 1. The summed E-state index contributed by atoms with van der Waals surface area (Å²) >= 11 is 6.29. The molecule has 1 aliphatic rings. The van der Waals surface area contributed by atoms with Crippen LogP contribution in [0.15, 0.2) is 28.8 Å². The molecule has 7 heteroatoms. The molecule has 0 aromatic heterocycles. The van der Waals surface area contributed by atoms with Crippen molar-refractivity contribution >= 4 is 29.6 Å². The summed E-state index contributed by atoms with van der Waals surface area (Å²) in [6.45, 7) is 9.70. The van der Waals surface area contributed by atoms with Crippen LogP contribution in [0.3, 0.4) is 0 Å². The van der Waals surface area contributed by atoms with Crippen molar-refractivity contribution in [3.63, 3.8) is 0 Å². The van der Waals surface area contributed by atoms with E-state index in [1.165, 1.54) is 13.3 Å². The highest BCUT2D eigenvalue weighted by Gasteiger charge is 2.41. The number of esters is 1. The van der Waals surface area contributed by atoms with Gasteiger partial charge in [-0.3, -0.25) is 14.6 Å². The summed E-state index contributed by atoms with van der Waals surface area (Å²) in [6, 6.07) is 0. The second-order valence-corrected chi connectivity index (χ2v) is 9.43. The van der Waals surface area contributed by atoms with Crippen LogP contribution in [0.5, 0.6) is 11.5 Å². The monoisotopic (exact) mass is 475 g/mol. The molecule has 0 bridgehead atoms. The standard InChI is InChI=1S/C26H34ClNO5/c1-15(11-12-26(5)16(2)8-10-21(29)18(26)4)7-9-19-24(31)20(13-28-14-22(30)33-6)17(3)23(27)25(19)32/h7,11-13,16,18,31-32H,8-10,14H2,1-6H3/b12-11+,15-7+,28-13?/t16-,18+,26+/m1/s1. The van der Waals surface area contributed by atoms with Crippen LogP contribution in [0.2, 0.25) is 5.02 Å². The second-order valence-electron chi connectivity index (χ2n) is 9.05. The molecule has 0 heterocycles. The van der Waals surface area contributed by atoms with Gasteiger partial charge in [0.1, 0.15) is 23.8 Å². The first kappa shape index (κ1) is 26.7. The molecule has 0 aliphatic heterocycles. The molecular weight excluding hydrogens is 442 g/mol. The quantitative estimate of drug-likeness (QED) is 0.315. The molecule has 3 atom stereocenters. The fraction of sp³-hybridized carbons (Fsp3) is 0.500. The van der Waals surface area contributed by atoms with Gasteiger partial charge >= 0.3 is 5.97 Å². The lowest BCUT2D eigenvalue weighted by Gasteiger charge is -2.42. The lowest BCUT2D eigenvalue weighted by atomic mass is 9.61. The van der Waals surface area contributed by atoms with Crippen LogP contribution in [0, 0.1) is 24.2 Å². The molecule has 1 aromatic rings. The third kappa shape index (κ3) is 5.85. The SMILES string of the molecule is COC(=O)CN=Cc1c(C)c(Cl)c(O)c(C/C=C(C)/C=C/[C@@]2(C)[C@H](C)CCC(=O)[C@@H]2C)c1O. The zero-order valence-electron chi connectivity index (χ0n) is 20.2. The number of rotatable bonds is 7. The van der Waals surface area contributed by atoms with Crippen molar-refractivity contribution in [2.75, 3.05) is 13.7 Å².